The lowest BCUT2D eigenvalue weighted by Gasteiger charge is -2.32. The zero-order valence-corrected chi connectivity index (χ0v) is 14.4. The highest BCUT2D eigenvalue weighted by molar-refractivity contribution is 5.81. The Morgan fingerprint density at radius 3 is 2.50 bits per heavy atom. The summed E-state index contributed by atoms with van der Waals surface area (Å²) >= 11 is 0. The van der Waals surface area contributed by atoms with E-state index in [2.05, 4.69) is 39.8 Å². The predicted molar refractivity (Wildman–Crippen MR) is 94.9 cm³/mol. The van der Waals surface area contributed by atoms with E-state index in [9.17, 15) is 4.79 Å². The first-order valence-electron chi connectivity index (χ1n) is 7.87. The van der Waals surface area contributed by atoms with Crippen LogP contribution >= 0.6 is 0 Å². The average molecular weight is 301 g/mol. The van der Waals surface area contributed by atoms with E-state index in [0.29, 0.717) is 0 Å². The van der Waals surface area contributed by atoms with Crippen molar-refractivity contribution < 1.29 is 11.3 Å². The Kier molecular flexibility index (Phi) is 6.61. The molecule has 0 spiro atoms. The quantitative estimate of drug-likeness (QED) is 0.521. The molecule has 0 unspecified atom stereocenters. The second-order valence-corrected chi connectivity index (χ2v) is 6.76. The maximum atomic E-state index is 10.5. The summed E-state index contributed by atoms with van der Waals surface area (Å²) in [6.45, 7) is 10.7. The van der Waals surface area contributed by atoms with Gasteiger partial charge in [-0.15, -0.1) is 0 Å². The maximum absolute atomic E-state index is 10.5. The van der Waals surface area contributed by atoms with Crippen molar-refractivity contribution in [3.63, 3.8) is 0 Å². The average Bonchev–Trinajstić information content (AvgIpc) is 2.36. The van der Waals surface area contributed by atoms with Crippen LogP contribution in [0.3, 0.4) is 0 Å². The molecule has 1 aliphatic carbocycles. The summed E-state index contributed by atoms with van der Waals surface area (Å²) in [5, 5.41) is 8.65. The summed E-state index contributed by atoms with van der Waals surface area (Å²) in [5.74, 6) is -0.912. The van der Waals surface area contributed by atoms with Crippen LogP contribution in [-0.2, 0) is 4.79 Å². The van der Waals surface area contributed by atoms with Crippen molar-refractivity contribution in [3.05, 3.63) is 58.7 Å². The number of hydrogen-bond donors (Lipinski definition) is 1. The van der Waals surface area contributed by atoms with E-state index >= 15 is 0 Å². The molecule has 0 bridgehead atoms. The molecule has 2 heteroatoms. The van der Waals surface area contributed by atoms with Gasteiger partial charge in [-0.05, 0) is 56.6 Å². The molecule has 0 aromatic heterocycles. The Hall–Kier alpha value is -1.83. The van der Waals surface area contributed by atoms with Crippen LogP contribution in [0.2, 0.25) is 0 Å². The van der Waals surface area contributed by atoms with Gasteiger partial charge in [-0.1, -0.05) is 55.4 Å². The number of carboxylic acid groups (broad SMARTS) is 1. The minimum absolute atomic E-state index is 0. The Morgan fingerprint density at radius 2 is 1.91 bits per heavy atom. The highest BCUT2D eigenvalue weighted by Crippen LogP contribution is 2.40. The van der Waals surface area contributed by atoms with Gasteiger partial charge in [0.2, 0.25) is 0 Å². The van der Waals surface area contributed by atoms with Gasteiger partial charge in [-0.25, -0.2) is 4.79 Å². The third-order valence-corrected chi connectivity index (χ3v) is 4.12. The fraction of sp³-hybridized carbons (Fsp3) is 0.450. The molecule has 0 heterocycles. The van der Waals surface area contributed by atoms with Crippen LogP contribution in [0.1, 0.15) is 55.3 Å². The van der Waals surface area contributed by atoms with Gasteiger partial charge in [0.15, 0.2) is 0 Å². The Labute approximate surface area is 136 Å². The van der Waals surface area contributed by atoms with Gasteiger partial charge < -0.3 is 5.11 Å². The number of aliphatic carboxylic acids is 1. The smallest absolute Gasteiger partial charge is 0.478 e. The molecule has 2 nitrogen and oxygen atoms in total. The van der Waals surface area contributed by atoms with Crippen molar-refractivity contribution >= 4 is 5.97 Å². The molecule has 1 aliphatic rings. The monoisotopic (exact) mass is 301 g/mol. The summed E-state index contributed by atoms with van der Waals surface area (Å²) in [4.78, 5) is 10.5. The SMILES string of the molecule is CC1=C(/C=C/C(C)=C/C=C/C(C)=C/C(=O)O)C(C)(C)CCC1.[H+]. The lowest BCUT2D eigenvalue weighted by Crippen LogP contribution is -2.19. The van der Waals surface area contributed by atoms with E-state index in [1.165, 1.54) is 36.5 Å². The van der Waals surface area contributed by atoms with Crippen molar-refractivity contribution in [2.45, 2.75) is 53.9 Å². The molecule has 0 fully saturated rings. The first-order chi connectivity index (χ1) is 10.2. The van der Waals surface area contributed by atoms with Crippen molar-refractivity contribution in [2.75, 3.05) is 0 Å². The molecule has 22 heavy (non-hydrogen) atoms. The topological polar surface area (TPSA) is 37.3 Å². The predicted octanol–water partition coefficient (Wildman–Crippen LogP) is 5.72. The Balaban J connectivity index is 0.00000484. The Morgan fingerprint density at radius 1 is 1.23 bits per heavy atom. The number of carboxylic acids is 1. The molecule has 0 atom stereocenters. The van der Waals surface area contributed by atoms with Crippen molar-refractivity contribution in [3.8, 4) is 0 Å². The van der Waals surface area contributed by atoms with Gasteiger partial charge >= 0.3 is 7.40 Å². The Bertz CT molecular complexity index is 572. The molecule has 0 aromatic rings. The number of rotatable bonds is 5. The molecule has 1 N–H and O–H groups in total. The molecule has 0 aromatic carbocycles. The minimum atomic E-state index is -0.912. The zero-order valence-electron chi connectivity index (χ0n) is 15.4. The molecule has 0 saturated heterocycles. The molecular weight excluding hydrogens is 272 g/mol. The van der Waals surface area contributed by atoms with Crippen LogP contribution in [-0.4, -0.2) is 11.1 Å². The van der Waals surface area contributed by atoms with Crippen LogP contribution in [0.25, 0.3) is 0 Å². The second-order valence-electron chi connectivity index (χ2n) is 6.76. The van der Waals surface area contributed by atoms with Gasteiger partial charge in [-0.2, -0.15) is 0 Å². The van der Waals surface area contributed by atoms with E-state index < -0.39 is 5.97 Å². The number of allylic oxidation sites excluding steroid dienone is 9. The molecule has 1 rings (SSSR count). The second kappa shape index (κ2) is 7.98. The minimum Gasteiger partial charge on any atom is -0.478 e. The molecule has 0 aliphatic heterocycles. The van der Waals surface area contributed by atoms with Gasteiger partial charge in [0.1, 0.15) is 0 Å². The van der Waals surface area contributed by atoms with E-state index in [1.54, 1.807) is 13.0 Å². The normalized spacial score (nSPS) is 20.2. The van der Waals surface area contributed by atoms with E-state index in [-0.39, 0.29) is 6.84 Å². The van der Waals surface area contributed by atoms with Crippen LogP contribution in [0.15, 0.2) is 58.7 Å². The first kappa shape index (κ1) is 18.2. The third kappa shape index (κ3) is 5.88. The summed E-state index contributed by atoms with van der Waals surface area (Å²) < 4.78 is 0. The standard InChI is InChI=1S/C20H28O2/c1-15(8-6-9-16(2)14-19(21)22)11-12-18-17(3)10-7-13-20(18,4)5/h6,8-9,11-12,14H,7,10,13H2,1-5H3,(H,21,22)/p+1/b9-6+,12-11+,15-8+,16-14+. The zero-order chi connectivity index (χ0) is 16.8. The van der Waals surface area contributed by atoms with Crippen LogP contribution < -0.4 is 0 Å². The van der Waals surface area contributed by atoms with Crippen molar-refractivity contribution in [1.82, 2.24) is 0 Å². The summed E-state index contributed by atoms with van der Waals surface area (Å²) in [7, 11) is 0. The molecule has 0 saturated carbocycles. The fourth-order valence-electron chi connectivity index (χ4n) is 2.88. The van der Waals surface area contributed by atoms with Gasteiger partial charge in [-0.3, -0.25) is 0 Å². The highest BCUT2D eigenvalue weighted by atomic mass is 16.4. The van der Waals surface area contributed by atoms with Gasteiger partial charge in [0.05, 0.1) is 0 Å². The largest absolute Gasteiger partial charge is 1.00 e. The lowest BCUT2D eigenvalue weighted by molar-refractivity contribution is -0.131. The van der Waals surface area contributed by atoms with Gasteiger partial charge in [0.25, 0.3) is 0 Å². The maximum Gasteiger partial charge on any atom is 1.00 e. The molecular formula is C20H29O2+. The molecule has 120 valence electrons. The number of carbonyl (C=O) groups is 1. The van der Waals surface area contributed by atoms with Crippen LogP contribution in [0, 0.1) is 5.41 Å². The third-order valence-electron chi connectivity index (χ3n) is 4.12. The lowest BCUT2D eigenvalue weighted by atomic mass is 9.72. The van der Waals surface area contributed by atoms with Crippen molar-refractivity contribution in [1.29, 1.82) is 0 Å². The highest BCUT2D eigenvalue weighted by Gasteiger charge is 2.26. The summed E-state index contributed by atoms with van der Waals surface area (Å²) in [5.41, 5.74) is 5.09. The first-order valence-corrected chi connectivity index (χ1v) is 7.87. The number of hydrogen-bond acceptors (Lipinski definition) is 1. The van der Waals surface area contributed by atoms with Crippen LogP contribution in [0.4, 0.5) is 0 Å². The fourth-order valence-corrected chi connectivity index (χ4v) is 2.88. The van der Waals surface area contributed by atoms with Gasteiger partial charge in [0, 0.05) is 6.08 Å². The van der Waals surface area contributed by atoms with E-state index in [4.69, 9.17) is 5.11 Å². The van der Waals surface area contributed by atoms with E-state index in [0.717, 1.165) is 11.1 Å². The molecule has 0 amide bonds. The molecule has 0 radical (unpaired) electrons. The van der Waals surface area contributed by atoms with E-state index in [1.807, 2.05) is 12.2 Å². The van der Waals surface area contributed by atoms with Crippen LogP contribution in [0.5, 0.6) is 0 Å². The van der Waals surface area contributed by atoms with Crippen molar-refractivity contribution in [2.24, 2.45) is 5.41 Å². The summed E-state index contributed by atoms with van der Waals surface area (Å²) in [6.07, 6.45) is 15.0. The summed E-state index contributed by atoms with van der Waals surface area (Å²) in [6, 6.07) is 0.